The summed E-state index contributed by atoms with van der Waals surface area (Å²) in [4.78, 5) is 23.0. The molecule has 0 radical (unpaired) electrons. The average molecular weight is 452 g/mol. The van der Waals surface area contributed by atoms with Crippen molar-refractivity contribution < 1.29 is 4.79 Å². The summed E-state index contributed by atoms with van der Waals surface area (Å²) in [7, 11) is 3.77. The summed E-state index contributed by atoms with van der Waals surface area (Å²) < 4.78 is 0. The van der Waals surface area contributed by atoms with E-state index in [4.69, 9.17) is 33.6 Å². The van der Waals surface area contributed by atoms with Crippen molar-refractivity contribution in [2.24, 2.45) is 0 Å². The molecule has 10 heteroatoms. The molecule has 0 spiro atoms. The van der Waals surface area contributed by atoms with Gasteiger partial charge in [0.15, 0.2) is 0 Å². The molecule has 0 aliphatic carbocycles. The molecule has 0 atom stereocenters. The number of aromatic nitrogens is 2. The lowest BCUT2D eigenvalue weighted by molar-refractivity contribution is 0.251. The van der Waals surface area contributed by atoms with Gasteiger partial charge in [-0.15, -0.1) is 0 Å². The maximum absolute atomic E-state index is 12.5. The van der Waals surface area contributed by atoms with Gasteiger partial charge in [-0.1, -0.05) is 37.0 Å². The molecule has 2 rings (SSSR count). The van der Waals surface area contributed by atoms with Crippen LogP contribution in [0.3, 0.4) is 0 Å². The third kappa shape index (κ3) is 5.73. The van der Waals surface area contributed by atoms with Gasteiger partial charge in [0.25, 0.3) is 0 Å². The molecule has 0 saturated heterocycles. The molecule has 2 heterocycles. The van der Waals surface area contributed by atoms with E-state index in [1.165, 1.54) is 12.1 Å². The van der Waals surface area contributed by atoms with Crippen LogP contribution in [0.5, 0.6) is 0 Å². The predicted molar refractivity (Wildman–Crippen MR) is 125 cm³/mol. The normalized spacial score (nSPS) is 10.7. The van der Waals surface area contributed by atoms with Crippen LogP contribution in [0.2, 0.25) is 10.3 Å². The Morgan fingerprint density at radius 1 is 1.17 bits per heavy atom. The Bertz CT molecular complexity index is 897. The molecule has 0 bridgehead atoms. The van der Waals surface area contributed by atoms with Crippen molar-refractivity contribution >= 4 is 52.3 Å². The van der Waals surface area contributed by atoms with Crippen LogP contribution in [0.25, 0.3) is 0 Å². The van der Waals surface area contributed by atoms with E-state index in [2.05, 4.69) is 29.6 Å². The number of halogens is 2. The van der Waals surface area contributed by atoms with Crippen molar-refractivity contribution in [1.29, 1.82) is 5.41 Å². The molecule has 0 unspecified atom stereocenters. The van der Waals surface area contributed by atoms with Gasteiger partial charge in [-0.2, -0.15) is 0 Å². The highest BCUT2D eigenvalue weighted by molar-refractivity contribution is 6.33. The van der Waals surface area contributed by atoms with E-state index >= 15 is 0 Å². The Kier molecular flexibility index (Phi) is 7.86. The van der Waals surface area contributed by atoms with Crippen LogP contribution < -0.4 is 20.7 Å². The number of amides is 2. The molecule has 3 N–H and O–H groups in total. The van der Waals surface area contributed by atoms with Crippen LogP contribution in [0.4, 0.5) is 22.1 Å². The lowest BCUT2D eigenvalue weighted by atomic mass is 9.95. The van der Waals surface area contributed by atoms with Crippen LogP contribution in [0.15, 0.2) is 18.2 Å². The van der Waals surface area contributed by atoms with E-state index < -0.39 is 6.03 Å². The molecule has 0 fully saturated rings. The summed E-state index contributed by atoms with van der Waals surface area (Å²) in [6.07, 6.45) is 0. The first-order chi connectivity index (χ1) is 14.0. The van der Waals surface area contributed by atoms with Gasteiger partial charge in [0.05, 0.1) is 0 Å². The van der Waals surface area contributed by atoms with Crippen LogP contribution in [-0.4, -0.2) is 42.4 Å². The summed E-state index contributed by atoms with van der Waals surface area (Å²) in [5.74, 6) is 1.43. The number of nitrogens with zero attached hydrogens (tertiary/aromatic N) is 4. The molecule has 0 aliphatic rings. The van der Waals surface area contributed by atoms with Gasteiger partial charge in [-0.25, -0.2) is 20.2 Å². The number of anilines is 3. The Hall–Kier alpha value is -2.58. The van der Waals surface area contributed by atoms with E-state index in [9.17, 15) is 4.79 Å². The lowest BCUT2D eigenvalue weighted by Crippen LogP contribution is -2.45. The fraction of sp³-hybridized carbons (Fsp3) is 0.400. The van der Waals surface area contributed by atoms with Gasteiger partial charge in [-0.05, 0) is 43.5 Å². The molecule has 8 nitrogen and oxygen atoms in total. The molecule has 0 aliphatic heterocycles. The number of hydrogen-bond acceptors (Lipinski definition) is 6. The third-order valence-corrected chi connectivity index (χ3v) is 4.68. The smallest absolute Gasteiger partial charge is 0.338 e. The first-order valence-corrected chi connectivity index (χ1v) is 10.2. The quantitative estimate of drug-likeness (QED) is 0.315. The predicted octanol–water partition coefficient (Wildman–Crippen LogP) is 4.92. The summed E-state index contributed by atoms with van der Waals surface area (Å²) in [6.45, 7) is 8.27. The van der Waals surface area contributed by atoms with Gasteiger partial charge in [-0.3, -0.25) is 5.01 Å². The Morgan fingerprint density at radius 2 is 1.77 bits per heavy atom. The average Bonchev–Trinajstić information content (AvgIpc) is 2.63. The van der Waals surface area contributed by atoms with E-state index in [1.807, 2.05) is 32.0 Å². The number of nitrogens with one attached hydrogen (secondary N) is 3. The number of pyridine rings is 2. The SMILES string of the molecule is CCN(NC(=O)Nc1cc(Cl)nc(Cl)c1)c1cc(C(C)C)c(C(C)=N)c(N(C)C)n1. The van der Waals surface area contributed by atoms with Gasteiger partial charge < -0.3 is 15.6 Å². The molecule has 2 aromatic heterocycles. The second-order valence-electron chi connectivity index (χ2n) is 7.25. The number of urea groups is 1. The van der Waals surface area contributed by atoms with Crippen molar-refractivity contribution in [3.05, 3.63) is 39.6 Å². The van der Waals surface area contributed by atoms with Crippen molar-refractivity contribution in [3.8, 4) is 0 Å². The molecule has 0 saturated carbocycles. The zero-order valence-corrected chi connectivity index (χ0v) is 19.5. The Morgan fingerprint density at radius 3 is 2.23 bits per heavy atom. The number of hydrazine groups is 1. The van der Waals surface area contributed by atoms with E-state index in [0.29, 0.717) is 29.6 Å². The fourth-order valence-corrected chi connectivity index (χ4v) is 3.42. The number of hydrogen-bond donors (Lipinski definition) is 3. The summed E-state index contributed by atoms with van der Waals surface area (Å²) in [5.41, 5.74) is 5.46. The second-order valence-corrected chi connectivity index (χ2v) is 8.03. The van der Waals surface area contributed by atoms with E-state index in [1.54, 1.807) is 11.9 Å². The first kappa shape index (κ1) is 23.7. The minimum atomic E-state index is -0.471. The van der Waals surface area contributed by atoms with Gasteiger partial charge >= 0.3 is 6.03 Å². The minimum Gasteiger partial charge on any atom is -0.362 e. The Balaban J connectivity index is 2.37. The Labute approximate surface area is 187 Å². The largest absolute Gasteiger partial charge is 0.362 e. The lowest BCUT2D eigenvalue weighted by Gasteiger charge is -2.27. The van der Waals surface area contributed by atoms with E-state index in [0.717, 1.165) is 11.1 Å². The fourth-order valence-electron chi connectivity index (χ4n) is 2.96. The first-order valence-electron chi connectivity index (χ1n) is 9.49. The standard InChI is InChI=1S/C20H27Cl2N7O/c1-7-29(27-20(30)24-13-8-15(21)25-16(22)9-13)17-10-14(11(2)3)18(12(4)23)19(26-17)28(5)6/h8-11,23H,7H2,1-6H3,(H2,24,25,27,30). The second kappa shape index (κ2) is 9.95. The van der Waals surface area contributed by atoms with E-state index in [-0.39, 0.29) is 16.2 Å². The topological polar surface area (TPSA) is 97.2 Å². The number of rotatable bonds is 7. The minimum absolute atomic E-state index is 0.175. The zero-order valence-electron chi connectivity index (χ0n) is 18.0. The number of carbonyl (C=O) groups is 1. The molecule has 0 aromatic carbocycles. The highest BCUT2D eigenvalue weighted by atomic mass is 35.5. The maximum atomic E-state index is 12.5. The van der Waals surface area contributed by atoms with Gasteiger partial charge in [0.2, 0.25) is 0 Å². The molecule has 30 heavy (non-hydrogen) atoms. The number of carbonyl (C=O) groups excluding carboxylic acids is 1. The van der Waals surface area contributed by atoms with Crippen molar-refractivity contribution in [1.82, 2.24) is 15.4 Å². The molecule has 2 amide bonds. The third-order valence-electron chi connectivity index (χ3n) is 4.29. The van der Waals surface area contributed by atoms with Crippen LogP contribution >= 0.6 is 23.2 Å². The maximum Gasteiger partial charge on any atom is 0.338 e. The van der Waals surface area contributed by atoms with Crippen LogP contribution in [0, 0.1) is 5.41 Å². The van der Waals surface area contributed by atoms with Crippen LogP contribution in [0.1, 0.15) is 44.7 Å². The van der Waals surface area contributed by atoms with Gasteiger partial charge in [0, 0.05) is 37.6 Å². The van der Waals surface area contributed by atoms with Crippen molar-refractivity contribution in [2.45, 2.75) is 33.6 Å². The van der Waals surface area contributed by atoms with Crippen LogP contribution in [-0.2, 0) is 0 Å². The molecule has 2 aromatic rings. The summed E-state index contributed by atoms with van der Waals surface area (Å²) in [6, 6.07) is 4.45. The summed E-state index contributed by atoms with van der Waals surface area (Å²) >= 11 is 11.8. The van der Waals surface area contributed by atoms with Crippen molar-refractivity contribution in [2.75, 3.05) is 35.9 Å². The highest BCUT2D eigenvalue weighted by Crippen LogP contribution is 2.30. The molecular formula is C20H27Cl2N7O. The molecule has 162 valence electrons. The van der Waals surface area contributed by atoms with Crippen molar-refractivity contribution in [3.63, 3.8) is 0 Å². The highest BCUT2D eigenvalue weighted by Gasteiger charge is 2.21. The zero-order chi connectivity index (χ0) is 22.6. The monoisotopic (exact) mass is 451 g/mol. The van der Waals surface area contributed by atoms with Gasteiger partial charge in [0.1, 0.15) is 21.9 Å². The summed E-state index contributed by atoms with van der Waals surface area (Å²) in [5, 5.41) is 12.9. The molecular weight excluding hydrogens is 425 g/mol.